The number of amides is 2. The normalized spacial score (nSPS) is 12.3. The molecule has 0 fully saturated rings. The van der Waals surface area contributed by atoms with Crippen LogP contribution in [0, 0.1) is 0 Å². The molecular weight excluding hydrogens is 345 g/mol. The van der Waals surface area contributed by atoms with E-state index in [1.165, 1.54) is 12.1 Å². The van der Waals surface area contributed by atoms with E-state index in [0.717, 1.165) is 12.1 Å². The van der Waals surface area contributed by atoms with E-state index in [0.29, 0.717) is 0 Å². The number of alkyl halides is 4. The van der Waals surface area contributed by atoms with Gasteiger partial charge in [0.25, 0.3) is 5.91 Å². The van der Waals surface area contributed by atoms with Crippen molar-refractivity contribution < 1.29 is 37.3 Å². The lowest BCUT2D eigenvalue weighted by atomic mass is 10.1. The van der Waals surface area contributed by atoms with E-state index in [2.05, 4.69) is 4.74 Å². The lowest BCUT2D eigenvalue weighted by Crippen LogP contribution is -2.43. The molecule has 0 aromatic heterocycles. The Bertz CT molecular complexity index is 538. The summed E-state index contributed by atoms with van der Waals surface area (Å²) in [4.78, 5) is 22.2. The number of benzene rings is 1. The SMILES string of the molecule is O=C(O)NNC(=O)C(OCCCl)c1ccc(OC(F)(F)F)cc1. The Morgan fingerprint density at radius 3 is 2.30 bits per heavy atom. The zero-order valence-electron chi connectivity index (χ0n) is 11.4. The molecule has 1 aromatic carbocycles. The molecule has 3 N–H and O–H groups in total. The molecule has 1 aromatic rings. The summed E-state index contributed by atoms with van der Waals surface area (Å²) in [5, 5.41) is 8.42. The molecule has 0 spiro atoms. The van der Waals surface area contributed by atoms with Crippen LogP contribution in [0.25, 0.3) is 0 Å². The molecule has 0 aliphatic rings. The van der Waals surface area contributed by atoms with Gasteiger partial charge in [-0.25, -0.2) is 10.2 Å². The minimum atomic E-state index is -4.83. The number of hydrogen-bond acceptors (Lipinski definition) is 4. The predicted octanol–water partition coefficient (Wildman–Crippen LogP) is 2.18. The van der Waals surface area contributed by atoms with Gasteiger partial charge in [0.05, 0.1) is 6.61 Å². The van der Waals surface area contributed by atoms with Gasteiger partial charge in [0.2, 0.25) is 0 Å². The van der Waals surface area contributed by atoms with Crippen LogP contribution < -0.4 is 15.6 Å². The maximum absolute atomic E-state index is 12.1. The van der Waals surface area contributed by atoms with Crippen LogP contribution in [0.4, 0.5) is 18.0 Å². The van der Waals surface area contributed by atoms with Crippen LogP contribution in [-0.2, 0) is 9.53 Å². The number of carboxylic acid groups (broad SMARTS) is 1. The van der Waals surface area contributed by atoms with Crippen molar-refractivity contribution in [1.82, 2.24) is 10.9 Å². The largest absolute Gasteiger partial charge is 0.573 e. The fourth-order valence-corrected chi connectivity index (χ4v) is 1.60. The molecule has 11 heteroatoms. The third kappa shape index (κ3) is 7.06. The summed E-state index contributed by atoms with van der Waals surface area (Å²) in [6, 6.07) is 4.36. The fourth-order valence-electron chi connectivity index (χ4n) is 1.51. The molecule has 0 aliphatic carbocycles. The van der Waals surface area contributed by atoms with E-state index in [9.17, 15) is 22.8 Å². The Labute approximate surface area is 133 Å². The van der Waals surface area contributed by atoms with Crippen LogP contribution in [0.5, 0.6) is 5.75 Å². The Balaban J connectivity index is 2.85. The maximum atomic E-state index is 12.1. The molecule has 0 aliphatic heterocycles. The summed E-state index contributed by atoms with van der Waals surface area (Å²) in [7, 11) is 0. The number of carbonyl (C=O) groups excluding carboxylic acids is 1. The number of hydrogen-bond donors (Lipinski definition) is 3. The van der Waals surface area contributed by atoms with Crippen molar-refractivity contribution in [3.8, 4) is 5.75 Å². The van der Waals surface area contributed by atoms with E-state index >= 15 is 0 Å². The van der Waals surface area contributed by atoms with Crippen LogP contribution in [0.2, 0.25) is 0 Å². The van der Waals surface area contributed by atoms with Crippen molar-refractivity contribution in [3.63, 3.8) is 0 Å². The van der Waals surface area contributed by atoms with Gasteiger partial charge in [0.1, 0.15) is 5.75 Å². The third-order valence-electron chi connectivity index (χ3n) is 2.31. The fraction of sp³-hybridized carbons (Fsp3) is 0.333. The van der Waals surface area contributed by atoms with Gasteiger partial charge in [-0.15, -0.1) is 24.8 Å². The molecule has 23 heavy (non-hydrogen) atoms. The topological polar surface area (TPSA) is 96.9 Å². The Morgan fingerprint density at radius 1 is 1.22 bits per heavy atom. The minimum absolute atomic E-state index is 0.0342. The van der Waals surface area contributed by atoms with Gasteiger partial charge in [-0.05, 0) is 17.7 Å². The van der Waals surface area contributed by atoms with E-state index in [-0.39, 0.29) is 18.1 Å². The van der Waals surface area contributed by atoms with Crippen LogP contribution in [0.15, 0.2) is 24.3 Å². The molecule has 0 bridgehead atoms. The van der Waals surface area contributed by atoms with Crippen molar-refractivity contribution in [3.05, 3.63) is 29.8 Å². The molecule has 0 saturated heterocycles. The first-order chi connectivity index (χ1) is 10.7. The molecule has 1 atom stereocenters. The molecular formula is C12H12ClF3N2O5. The molecule has 0 radical (unpaired) electrons. The summed E-state index contributed by atoms with van der Waals surface area (Å²) >= 11 is 5.45. The highest BCUT2D eigenvalue weighted by Gasteiger charge is 2.31. The lowest BCUT2D eigenvalue weighted by Gasteiger charge is -2.18. The Kier molecular flexibility index (Phi) is 6.91. The number of ether oxygens (including phenoxy) is 2. The van der Waals surface area contributed by atoms with Gasteiger partial charge >= 0.3 is 12.5 Å². The number of hydrazine groups is 1. The maximum Gasteiger partial charge on any atom is 0.573 e. The van der Waals surface area contributed by atoms with E-state index < -0.39 is 30.2 Å². The molecule has 7 nitrogen and oxygen atoms in total. The molecule has 2 amide bonds. The Hall–Kier alpha value is -2.20. The molecule has 0 saturated carbocycles. The second kappa shape index (κ2) is 8.44. The predicted molar refractivity (Wildman–Crippen MR) is 71.8 cm³/mol. The number of rotatable bonds is 6. The van der Waals surface area contributed by atoms with Gasteiger partial charge in [-0.2, -0.15) is 0 Å². The van der Waals surface area contributed by atoms with Gasteiger partial charge in [-0.3, -0.25) is 10.2 Å². The Morgan fingerprint density at radius 2 is 1.83 bits per heavy atom. The second-order valence-electron chi connectivity index (χ2n) is 3.98. The standard InChI is InChI=1S/C12H12ClF3N2O5/c13-5-6-22-9(10(19)17-18-11(20)21)7-1-3-8(4-2-7)23-12(14,15)16/h1-4,9,18H,5-6H2,(H,17,19)(H,20,21). The van der Waals surface area contributed by atoms with Gasteiger partial charge in [-0.1, -0.05) is 12.1 Å². The van der Waals surface area contributed by atoms with Crippen LogP contribution in [0.3, 0.4) is 0 Å². The quantitative estimate of drug-likeness (QED) is 0.536. The summed E-state index contributed by atoms with van der Waals surface area (Å²) in [6.45, 7) is -0.0342. The number of carbonyl (C=O) groups is 2. The zero-order valence-corrected chi connectivity index (χ0v) is 12.1. The summed E-state index contributed by atoms with van der Waals surface area (Å²) in [5.74, 6) is -1.27. The first kappa shape index (κ1) is 18.8. The highest BCUT2D eigenvalue weighted by atomic mass is 35.5. The first-order valence-electron chi connectivity index (χ1n) is 6.05. The zero-order chi connectivity index (χ0) is 17.5. The van der Waals surface area contributed by atoms with Crippen molar-refractivity contribution >= 4 is 23.6 Å². The highest BCUT2D eigenvalue weighted by Crippen LogP contribution is 2.25. The average Bonchev–Trinajstić information content (AvgIpc) is 2.45. The van der Waals surface area contributed by atoms with Gasteiger partial charge < -0.3 is 14.6 Å². The summed E-state index contributed by atoms with van der Waals surface area (Å²) in [6.07, 6.45) is -7.59. The van der Waals surface area contributed by atoms with Gasteiger partial charge in [0, 0.05) is 5.88 Å². The van der Waals surface area contributed by atoms with E-state index in [1.54, 1.807) is 5.43 Å². The number of nitrogens with one attached hydrogen (secondary N) is 2. The number of halogens is 4. The van der Waals surface area contributed by atoms with Crippen LogP contribution >= 0.6 is 11.6 Å². The first-order valence-corrected chi connectivity index (χ1v) is 6.58. The van der Waals surface area contributed by atoms with Crippen molar-refractivity contribution in [2.24, 2.45) is 0 Å². The lowest BCUT2D eigenvalue weighted by molar-refractivity contribution is -0.274. The summed E-state index contributed by atoms with van der Waals surface area (Å²) < 4.78 is 45.1. The van der Waals surface area contributed by atoms with Crippen molar-refractivity contribution in [2.75, 3.05) is 12.5 Å². The minimum Gasteiger partial charge on any atom is -0.464 e. The van der Waals surface area contributed by atoms with Gasteiger partial charge in [0.15, 0.2) is 6.10 Å². The van der Waals surface area contributed by atoms with E-state index in [1.807, 2.05) is 5.43 Å². The monoisotopic (exact) mass is 356 g/mol. The smallest absolute Gasteiger partial charge is 0.464 e. The van der Waals surface area contributed by atoms with E-state index in [4.69, 9.17) is 21.4 Å². The van der Waals surface area contributed by atoms with Crippen molar-refractivity contribution in [2.45, 2.75) is 12.5 Å². The average molecular weight is 357 g/mol. The van der Waals surface area contributed by atoms with Crippen molar-refractivity contribution in [1.29, 1.82) is 0 Å². The molecule has 0 heterocycles. The molecule has 1 rings (SSSR count). The van der Waals surface area contributed by atoms with Crippen LogP contribution in [0.1, 0.15) is 11.7 Å². The molecule has 1 unspecified atom stereocenters. The highest BCUT2D eigenvalue weighted by molar-refractivity contribution is 6.18. The van der Waals surface area contributed by atoms with Crippen LogP contribution in [-0.4, -0.2) is 36.0 Å². The summed E-state index contributed by atoms with van der Waals surface area (Å²) in [5.41, 5.74) is 3.71. The second-order valence-corrected chi connectivity index (χ2v) is 4.35. The molecule has 128 valence electrons. The third-order valence-corrected chi connectivity index (χ3v) is 2.46.